The van der Waals surface area contributed by atoms with Gasteiger partial charge in [-0.05, 0) is 36.8 Å². The van der Waals surface area contributed by atoms with Gasteiger partial charge in [-0.15, -0.1) is 0 Å². The van der Waals surface area contributed by atoms with Crippen LogP contribution >= 0.6 is 0 Å². The van der Waals surface area contributed by atoms with Crippen molar-refractivity contribution in [2.45, 2.75) is 41.2 Å². The van der Waals surface area contributed by atoms with E-state index >= 15 is 0 Å². The number of hydrogen-bond acceptors (Lipinski definition) is 5. The summed E-state index contributed by atoms with van der Waals surface area (Å²) in [6, 6.07) is 12.3. The zero-order chi connectivity index (χ0) is 19.0. The first-order valence-electron chi connectivity index (χ1n) is 9.03. The number of nitrogens with zero attached hydrogens (tertiary/aromatic N) is 1. The number of hydrogen-bond donors (Lipinski definition) is 1. The smallest absolute Gasteiger partial charge is 0.223 e. The van der Waals surface area contributed by atoms with E-state index in [0.717, 1.165) is 6.42 Å². The molecule has 0 saturated carbocycles. The molecule has 4 rings (SSSR count). The predicted molar refractivity (Wildman–Crippen MR) is 98.1 cm³/mol. The monoisotopic (exact) mass is 387 g/mol. The maximum atomic E-state index is 13.0. The van der Waals surface area contributed by atoms with Crippen LogP contribution < -0.4 is 4.74 Å². The second-order valence-corrected chi connectivity index (χ2v) is 8.81. The van der Waals surface area contributed by atoms with Crippen LogP contribution in [0.25, 0.3) is 0 Å². The number of fused-ring (bicyclic) bond motifs is 1. The van der Waals surface area contributed by atoms with Crippen LogP contribution in [0.3, 0.4) is 0 Å². The Hall–Kier alpha value is -2.38. The molecule has 142 valence electrons. The molecule has 1 N–H and O–H groups in total. The minimum atomic E-state index is -3.70. The summed E-state index contributed by atoms with van der Waals surface area (Å²) in [7, 11) is -3.70. The topological polar surface area (TPSA) is 83.9 Å². The van der Waals surface area contributed by atoms with Gasteiger partial charge in [0.15, 0.2) is 0 Å². The van der Waals surface area contributed by atoms with Gasteiger partial charge in [0, 0.05) is 24.9 Å². The van der Waals surface area contributed by atoms with Crippen molar-refractivity contribution in [3.63, 3.8) is 0 Å². The lowest BCUT2D eigenvalue weighted by Gasteiger charge is -2.31. The molecule has 2 aromatic carbocycles. The highest BCUT2D eigenvalue weighted by Crippen LogP contribution is 2.39. The van der Waals surface area contributed by atoms with Crippen LogP contribution in [0.2, 0.25) is 0 Å². The Morgan fingerprint density at radius 3 is 2.56 bits per heavy atom. The molecule has 0 bridgehead atoms. The van der Waals surface area contributed by atoms with Gasteiger partial charge in [0.1, 0.15) is 5.75 Å². The molecular weight excluding hydrogens is 366 g/mol. The molecule has 1 amide bonds. The van der Waals surface area contributed by atoms with Crippen molar-refractivity contribution in [3.05, 3.63) is 54.1 Å². The number of sulfone groups is 1. The average molecular weight is 387 g/mol. The molecule has 0 unspecified atom stereocenters. The Labute approximate surface area is 158 Å². The first-order chi connectivity index (χ1) is 13.0. The lowest BCUT2D eigenvalue weighted by atomic mass is 9.98. The van der Waals surface area contributed by atoms with E-state index in [4.69, 9.17) is 4.74 Å². The number of likely N-dealkylation sites (tertiary alicyclic amines) is 1. The van der Waals surface area contributed by atoms with Gasteiger partial charge >= 0.3 is 0 Å². The van der Waals surface area contributed by atoms with E-state index in [9.17, 15) is 18.3 Å². The summed E-state index contributed by atoms with van der Waals surface area (Å²) in [6.07, 6.45) is 0.758. The molecule has 1 saturated heterocycles. The molecule has 1 fully saturated rings. The summed E-state index contributed by atoms with van der Waals surface area (Å²) in [6.45, 7) is 0.868. The van der Waals surface area contributed by atoms with Crippen LogP contribution in [-0.2, 0) is 14.6 Å². The molecule has 2 aliphatic rings. The number of benzene rings is 2. The minimum absolute atomic E-state index is 0.0248. The van der Waals surface area contributed by atoms with Crippen LogP contribution in [-0.4, -0.2) is 43.6 Å². The van der Waals surface area contributed by atoms with Gasteiger partial charge in [0.05, 0.1) is 28.5 Å². The number of carbonyl (C=O) groups excluding carboxylic acids is 1. The number of aliphatic hydroxyl groups is 1. The number of carbonyl (C=O) groups is 1. The molecule has 2 heterocycles. The fourth-order valence-electron chi connectivity index (χ4n) is 3.79. The fraction of sp³-hybridized carbons (Fsp3) is 0.350. The van der Waals surface area contributed by atoms with Crippen molar-refractivity contribution in [3.8, 4) is 5.75 Å². The second-order valence-electron chi connectivity index (χ2n) is 6.86. The Balaban J connectivity index is 1.82. The van der Waals surface area contributed by atoms with Crippen molar-refractivity contribution in [1.82, 2.24) is 4.90 Å². The van der Waals surface area contributed by atoms with Crippen molar-refractivity contribution >= 4 is 15.7 Å². The lowest BCUT2D eigenvalue weighted by Crippen LogP contribution is -2.37. The maximum Gasteiger partial charge on any atom is 0.223 e. The quantitative estimate of drug-likeness (QED) is 0.874. The van der Waals surface area contributed by atoms with Crippen LogP contribution in [0.4, 0.5) is 0 Å². The van der Waals surface area contributed by atoms with Gasteiger partial charge in [-0.1, -0.05) is 18.2 Å². The highest BCUT2D eigenvalue weighted by atomic mass is 32.2. The average Bonchev–Trinajstić information content (AvgIpc) is 3.01. The summed E-state index contributed by atoms with van der Waals surface area (Å²) in [4.78, 5) is 14.3. The third kappa shape index (κ3) is 3.21. The molecule has 7 heteroatoms. The van der Waals surface area contributed by atoms with Gasteiger partial charge in [0.25, 0.3) is 0 Å². The molecule has 0 spiro atoms. The zero-order valence-electron chi connectivity index (χ0n) is 14.7. The Morgan fingerprint density at radius 2 is 1.85 bits per heavy atom. The number of rotatable bonds is 3. The van der Waals surface area contributed by atoms with Crippen molar-refractivity contribution in [2.75, 3.05) is 13.2 Å². The first kappa shape index (κ1) is 18.0. The molecule has 0 radical (unpaired) electrons. The van der Waals surface area contributed by atoms with E-state index in [-0.39, 0.29) is 15.7 Å². The van der Waals surface area contributed by atoms with Crippen molar-refractivity contribution in [2.24, 2.45) is 0 Å². The van der Waals surface area contributed by atoms with Crippen molar-refractivity contribution in [1.29, 1.82) is 0 Å². The van der Waals surface area contributed by atoms with Gasteiger partial charge in [-0.3, -0.25) is 4.79 Å². The lowest BCUT2D eigenvalue weighted by molar-refractivity contribution is -0.132. The molecule has 0 aliphatic carbocycles. The predicted octanol–water partition coefficient (Wildman–Crippen LogP) is 2.33. The normalized spacial score (nSPS) is 22.9. The van der Waals surface area contributed by atoms with E-state index in [1.165, 1.54) is 6.07 Å². The molecule has 2 atom stereocenters. The summed E-state index contributed by atoms with van der Waals surface area (Å²) in [5.41, 5.74) is 0.548. The third-order valence-corrected chi connectivity index (χ3v) is 6.91. The summed E-state index contributed by atoms with van der Waals surface area (Å²) >= 11 is 0. The van der Waals surface area contributed by atoms with E-state index in [1.807, 2.05) is 0 Å². The third-order valence-electron chi connectivity index (χ3n) is 5.15. The van der Waals surface area contributed by atoms with E-state index in [1.54, 1.807) is 47.4 Å². The second kappa shape index (κ2) is 6.98. The summed E-state index contributed by atoms with van der Waals surface area (Å²) in [5, 5.41) is 10.7. The largest absolute Gasteiger partial charge is 0.493 e. The number of amides is 1. The van der Waals surface area contributed by atoms with Crippen LogP contribution in [0.15, 0.2) is 58.3 Å². The van der Waals surface area contributed by atoms with Crippen LogP contribution in [0.5, 0.6) is 5.75 Å². The van der Waals surface area contributed by atoms with Crippen LogP contribution in [0.1, 0.15) is 30.9 Å². The van der Waals surface area contributed by atoms with Gasteiger partial charge in [0.2, 0.25) is 15.7 Å². The summed E-state index contributed by atoms with van der Waals surface area (Å²) < 4.78 is 31.7. The van der Waals surface area contributed by atoms with Gasteiger partial charge in [-0.2, -0.15) is 0 Å². The molecular formula is C20H21NO5S. The van der Waals surface area contributed by atoms with Crippen molar-refractivity contribution < 1.29 is 23.1 Å². The standard InChI is InChI=1S/C20H21NO5S/c22-17-10-12-26-18-9-8-15(27(24,25)14-5-2-1-3-6-14)13-16(18)20(17)21-11-4-7-19(21)23/h1-3,5-6,8-9,13,17,20,22H,4,7,10-12H2/t17-,20-/m1/s1. The maximum absolute atomic E-state index is 13.0. The highest BCUT2D eigenvalue weighted by molar-refractivity contribution is 7.91. The zero-order valence-corrected chi connectivity index (χ0v) is 15.6. The SMILES string of the molecule is O=C1CCCN1[C@@H]1c2cc(S(=O)(=O)c3ccccc3)ccc2OCC[C@H]1O. The van der Waals surface area contributed by atoms with E-state index in [2.05, 4.69) is 0 Å². The number of ether oxygens (including phenoxy) is 1. The first-order valence-corrected chi connectivity index (χ1v) is 10.5. The number of aliphatic hydroxyl groups excluding tert-OH is 1. The molecule has 2 aromatic rings. The minimum Gasteiger partial charge on any atom is -0.493 e. The molecule has 0 aromatic heterocycles. The van der Waals surface area contributed by atoms with E-state index < -0.39 is 22.0 Å². The fourth-order valence-corrected chi connectivity index (χ4v) is 5.10. The molecule has 2 aliphatic heterocycles. The van der Waals surface area contributed by atoms with Gasteiger partial charge in [-0.25, -0.2) is 8.42 Å². The van der Waals surface area contributed by atoms with Gasteiger partial charge < -0.3 is 14.7 Å². The molecule has 6 nitrogen and oxygen atoms in total. The van der Waals surface area contributed by atoms with E-state index in [0.29, 0.717) is 37.3 Å². The Kier molecular flexibility index (Phi) is 4.65. The summed E-state index contributed by atoms with van der Waals surface area (Å²) in [5.74, 6) is 0.492. The Bertz CT molecular complexity index is 958. The highest BCUT2D eigenvalue weighted by Gasteiger charge is 2.37. The Morgan fingerprint density at radius 1 is 1.07 bits per heavy atom. The molecule has 27 heavy (non-hydrogen) atoms. The van der Waals surface area contributed by atoms with Crippen LogP contribution in [0, 0.1) is 0 Å².